The molecule has 0 aromatic carbocycles. The third-order valence-electron chi connectivity index (χ3n) is 5.36. The van der Waals surface area contributed by atoms with Gasteiger partial charge in [0.05, 0.1) is 6.61 Å². The summed E-state index contributed by atoms with van der Waals surface area (Å²) in [6.45, 7) is 8.78. The van der Waals surface area contributed by atoms with E-state index in [-0.39, 0.29) is 6.61 Å². The van der Waals surface area contributed by atoms with Gasteiger partial charge in [-0.2, -0.15) is 0 Å². The maximum Gasteiger partial charge on any atom is 0.0558 e. The quantitative estimate of drug-likeness (QED) is 0.767. The maximum absolute atomic E-state index is 9.04. The predicted molar refractivity (Wildman–Crippen MR) is 83.7 cm³/mol. The molecule has 0 aromatic rings. The molecule has 0 aromatic heterocycles. The van der Waals surface area contributed by atoms with Gasteiger partial charge in [0.15, 0.2) is 0 Å². The molecule has 2 aliphatic rings. The summed E-state index contributed by atoms with van der Waals surface area (Å²) in [6.07, 6.45) is 6.77. The molecule has 2 fully saturated rings. The number of nitrogens with zero attached hydrogens (tertiary/aromatic N) is 2. The van der Waals surface area contributed by atoms with Crippen LogP contribution in [0, 0.1) is 11.8 Å². The van der Waals surface area contributed by atoms with E-state index in [1.807, 2.05) is 0 Å². The van der Waals surface area contributed by atoms with Crippen LogP contribution in [0.15, 0.2) is 0 Å². The Bertz CT molecular complexity index is 266. The Morgan fingerprint density at radius 2 is 1.90 bits per heavy atom. The topological polar surface area (TPSA) is 52.7 Å². The van der Waals surface area contributed by atoms with Gasteiger partial charge in [0, 0.05) is 38.8 Å². The lowest BCUT2D eigenvalue weighted by Gasteiger charge is -2.46. The lowest BCUT2D eigenvalue weighted by Crippen LogP contribution is -2.55. The fourth-order valence-corrected chi connectivity index (χ4v) is 4.15. The van der Waals surface area contributed by atoms with Crippen LogP contribution < -0.4 is 5.73 Å². The average molecular weight is 283 g/mol. The van der Waals surface area contributed by atoms with Crippen LogP contribution in [0.25, 0.3) is 0 Å². The SMILES string of the molecule is CCCC1CCC(CN)C(N2CCN(CCO)CC2)C1. The zero-order chi connectivity index (χ0) is 14.4. The smallest absolute Gasteiger partial charge is 0.0558 e. The van der Waals surface area contributed by atoms with E-state index < -0.39 is 0 Å². The van der Waals surface area contributed by atoms with Crippen molar-refractivity contribution in [2.24, 2.45) is 17.6 Å². The van der Waals surface area contributed by atoms with Gasteiger partial charge < -0.3 is 10.8 Å². The first-order valence-corrected chi connectivity index (χ1v) is 8.55. The Kier molecular flexibility index (Phi) is 6.75. The molecule has 1 aliphatic heterocycles. The molecule has 1 heterocycles. The molecule has 3 N–H and O–H groups in total. The first kappa shape index (κ1) is 16.2. The molecule has 3 unspecified atom stereocenters. The molecule has 20 heavy (non-hydrogen) atoms. The van der Waals surface area contributed by atoms with Gasteiger partial charge in [0.25, 0.3) is 0 Å². The summed E-state index contributed by atoms with van der Waals surface area (Å²) >= 11 is 0. The highest BCUT2D eigenvalue weighted by Gasteiger charge is 2.34. The number of piperazine rings is 1. The fraction of sp³-hybridized carbons (Fsp3) is 1.00. The van der Waals surface area contributed by atoms with E-state index >= 15 is 0 Å². The van der Waals surface area contributed by atoms with E-state index in [9.17, 15) is 0 Å². The molecular weight excluding hydrogens is 250 g/mol. The second-order valence-electron chi connectivity index (χ2n) is 6.63. The van der Waals surface area contributed by atoms with Crippen LogP contribution in [0.3, 0.4) is 0 Å². The summed E-state index contributed by atoms with van der Waals surface area (Å²) < 4.78 is 0. The minimum absolute atomic E-state index is 0.285. The second-order valence-corrected chi connectivity index (χ2v) is 6.63. The van der Waals surface area contributed by atoms with Crippen molar-refractivity contribution in [3.8, 4) is 0 Å². The zero-order valence-corrected chi connectivity index (χ0v) is 13.1. The molecule has 3 atom stereocenters. The highest BCUT2D eigenvalue weighted by Crippen LogP contribution is 2.34. The van der Waals surface area contributed by atoms with Crippen LogP contribution in [0.5, 0.6) is 0 Å². The Balaban J connectivity index is 1.87. The van der Waals surface area contributed by atoms with Crippen LogP contribution in [-0.4, -0.2) is 66.8 Å². The summed E-state index contributed by atoms with van der Waals surface area (Å²) in [5, 5.41) is 9.04. The standard InChI is InChI=1S/C16H33N3O/c1-2-3-14-4-5-15(13-17)16(12-14)19-8-6-18(7-9-19)10-11-20/h14-16,20H,2-13,17H2,1H3. The van der Waals surface area contributed by atoms with Gasteiger partial charge >= 0.3 is 0 Å². The molecule has 0 spiro atoms. The molecule has 0 bridgehead atoms. The molecule has 2 rings (SSSR count). The molecule has 1 saturated heterocycles. The highest BCUT2D eigenvalue weighted by atomic mass is 16.3. The van der Waals surface area contributed by atoms with Crippen LogP contribution in [0.2, 0.25) is 0 Å². The van der Waals surface area contributed by atoms with Crippen molar-refractivity contribution >= 4 is 0 Å². The Morgan fingerprint density at radius 3 is 2.50 bits per heavy atom. The molecule has 0 radical (unpaired) electrons. The number of aliphatic hydroxyl groups excluding tert-OH is 1. The summed E-state index contributed by atoms with van der Waals surface area (Å²) in [5.41, 5.74) is 6.02. The van der Waals surface area contributed by atoms with Crippen LogP contribution in [-0.2, 0) is 0 Å². The van der Waals surface area contributed by atoms with Crippen molar-refractivity contribution in [2.45, 2.75) is 45.1 Å². The van der Waals surface area contributed by atoms with Crippen LogP contribution in [0.4, 0.5) is 0 Å². The number of rotatable bonds is 6. The molecule has 118 valence electrons. The number of β-amino-alcohol motifs (C(OH)–C–C–N with tert-alkyl or cyclic N) is 1. The van der Waals surface area contributed by atoms with E-state index in [4.69, 9.17) is 10.8 Å². The predicted octanol–water partition coefficient (Wildman–Crippen LogP) is 1.14. The zero-order valence-electron chi connectivity index (χ0n) is 13.1. The minimum atomic E-state index is 0.285. The monoisotopic (exact) mass is 283 g/mol. The van der Waals surface area contributed by atoms with E-state index in [0.29, 0.717) is 12.0 Å². The molecule has 1 aliphatic carbocycles. The number of aliphatic hydroxyl groups is 1. The number of nitrogens with two attached hydrogens (primary N) is 1. The number of hydrogen-bond donors (Lipinski definition) is 2. The van der Waals surface area contributed by atoms with Gasteiger partial charge in [-0.1, -0.05) is 26.2 Å². The Hall–Kier alpha value is -0.160. The molecule has 1 saturated carbocycles. The minimum Gasteiger partial charge on any atom is -0.395 e. The molecule has 4 heteroatoms. The van der Waals surface area contributed by atoms with Crippen molar-refractivity contribution in [2.75, 3.05) is 45.9 Å². The molecular formula is C16H33N3O. The lowest BCUT2D eigenvalue weighted by molar-refractivity contribution is 0.0315. The second kappa shape index (κ2) is 8.32. The van der Waals surface area contributed by atoms with Gasteiger partial charge in [-0.15, -0.1) is 0 Å². The Labute approximate surface area is 124 Å². The van der Waals surface area contributed by atoms with Gasteiger partial charge in [-0.3, -0.25) is 9.80 Å². The van der Waals surface area contributed by atoms with Gasteiger partial charge in [0.1, 0.15) is 0 Å². The largest absolute Gasteiger partial charge is 0.395 e. The number of hydrogen-bond acceptors (Lipinski definition) is 4. The van der Waals surface area contributed by atoms with E-state index in [1.165, 1.54) is 32.1 Å². The first-order chi connectivity index (χ1) is 9.78. The van der Waals surface area contributed by atoms with Crippen molar-refractivity contribution < 1.29 is 5.11 Å². The van der Waals surface area contributed by atoms with Gasteiger partial charge in [-0.05, 0) is 31.2 Å². The first-order valence-electron chi connectivity index (χ1n) is 8.55. The average Bonchev–Trinajstić information content (AvgIpc) is 2.49. The van der Waals surface area contributed by atoms with Crippen LogP contribution in [0.1, 0.15) is 39.0 Å². The van der Waals surface area contributed by atoms with Gasteiger partial charge in [-0.25, -0.2) is 0 Å². The van der Waals surface area contributed by atoms with Crippen LogP contribution >= 0.6 is 0 Å². The summed E-state index contributed by atoms with van der Waals surface area (Å²) in [4.78, 5) is 5.06. The van der Waals surface area contributed by atoms with Crippen molar-refractivity contribution in [1.82, 2.24) is 9.80 Å². The van der Waals surface area contributed by atoms with E-state index in [1.54, 1.807) is 0 Å². The lowest BCUT2D eigenvalue weighted by atomic mass is 9.76. The van der Waals surface area contributed by atoms with E-state index in [0.717, 1.165) is 45.2 Å². The highest BCUT2D eigenvalue weighted by molar-refractivity contribution is 4.89. The third-order valence-corrected chi connectivity index (χ3v) is 5.36. The summed E-state index contributed by atoms with van der Waals surface area (Å²) in [5.74, 6) is 1.62. The van der Waals surface area contributed by atoms with Gasteiger partial charge in [0.2, 0.25) is 0 Å². The summed E-state index contributed by atoms with van der Waals surface area (Å²) in [7, 11) is 0. The fourth-order valence-electron chi connectivity index (χ4n) is 4.15. The normalized spacial score (nSPS) is 33.5. The van der Waals surface area contributed by atoms with Crippen molar-refractivity contribution in [1.29, 1.82) is 0 Å². The molecule has 0 amide bonds. The van der Waals surface area contributed by atoms with Crippen molar-refractivity contribution in [3.63, 3.8) is 0 Å². The third kappa shape index (κ3) is 4.17. The van der Waals surface area contributed by atoms with Crippen molar-refractivity contribution in [3.05, 3.63) is 0 Å². The maximum atomic E-state index is 9.04. The Morgan fingerprint density at radius 1 is 1.15 bits per heavy atom. The van der Waals surface area contributed by atoms with E-state index in [2.05, 4.69) is 16.7 Å². The summed E-state index contributed by atoms with van der Waals surface area (Å²) in [6, 6.07) is 0.710. The molecule has 4 nitrogen and oxygen atoms in total.